The number of hydrogen-bond donors (Lipinski definition) is 1. The average Bonchev–Trinajstić information content (AvgIpc) is 3.03. The predicted molar refractivity (Wildman–Crippen MR) is 168 cm³/mol. The van der Waals surface area contributed by atoms with Crippen LogP contribution in [0.15, 0.2) is 83.8 Å². The van der Waals surface area contributed by atoms with Crippen molar-refractivity contribution in [1.29, 1.82) is 0 Å². The molecule has 0 spiro atoms. The van der Waals surface area contributed by atoms with Gasteiger partial charge in [0.15, 0.2) is 0 Å². The summed E-state index contributed by atoms with van der Waals surface area (Å²) in [5, 5.41) is 2.78. The Morgan fingerprint density at radius 2 is 1.58 bits per heavy atom. The van der Waals surface area contributed by atoms with Crippen LogP contribution < -0.4 is 9.62 Å². The van der Waals surface area contributed by atoms with Crippen LogP contribution in [0.2, 0.25) is 5.02 Å². The fraction of sp³-hybridized carbons (Fsp3) is 0.394. The third kappa shape index (κ3) is 8.79. The quantitative estimate of drug-likeness (QED) is 0.230. The molecule has 0 heterocycles. The molecule has 4 rings (SSSR count). The molecule has 1 aliphatic carbocycles. The zero-order valence-electron chi connectivity index (χ0n) is 25.0. The lowest BCUT2D eigenvalue weighted by Crippen LogP contribution is -2.54. The first kappa shape index (κ1) is 34.3. The molecule has 1 saturated carbocycles. The number of benzene rings is 3. The van der Waals surface area contributed by atoms with Gasteiger partial charge >= 0.3 is 6.18 Å². The minimum absolute atomic E-state index is 0.0229. The highest BCUT2D eigenvalue weighted by atomic mass is 35.5. The molecule has 45 heavy (non-hydrogen) atoms. The molecule has 0 saturated heterocycles. The molecule has 1 atom stereocenters. The number of carbonyl (C=O) groups excluding carboxylic acids is 2. The zero-order valence-corrected chi connectivity index (χ0v) is 26.5. The first-order valence-electron chi connectivity index (χ1n) is 15.0. The molecule has 1 fully saturated rings. The van der Waals surface area contributed by atoms with Gasteiger partial charge in [0.1, 0.15) is 12.6 Å². The van der Waals surface area contributed by atoms with Crippen molar-refractivity contribution in [2.75, 3.05) is 17.4 Å². The lowest BCUT2D eigenvalue weighted by Gasteiger charge is -2.34. The molecule has 2 amide bonds. The van der Waals surface area contributed by atoms with E-state index in [9.17, 15) is 31.2 Å². The lowest BCUT2D eigenvalue weighted by molar-refractivity contribution is -0.140. The molecule has 3 aromatic carbocycles. The van der Waals surface area contributed by atoms with Crippen molar-refractivity contribution in [1.82, 2.24) is 10.2 Å². The van der Waals surface area contributed by atoms with Gasteiger partial charge in [-0.1, -0.05) is 86.3 Å². The van der Waals surface area contributed by atoms with Crippen LogP contribution in [-0.2, 0) is 32.2 Å². The molecule has 0 aliphatic heterocycles. The van der Waals surface area contributed by atoms with Crippen LogP contribution in [0.3, 0.4) is 0 Å². The molecule has 3 aromatic rings. The van der Waals surface area contributed by atoms with Crippen molar-refractivity contribution in [3.05, 3.63) is 95.0 Å². The highest BCUT2D eigenvalue weighted by Crippen LogP contribution is 2.37. The Morgan fingerprint density at radius 1 is 0.956 bits per heavy atom. The summed E-state index contributed by atoms with van der Waals surface area (Å²) in [6.07, 6.45) is 0.552. The number of amides is 2. The number of hydrogen-bond acceptors (Lipinski definition) is 4. The number of anilines is 1. The van der Waals surface area contributed by atoms with E-state index in [4.69, 9.17) is 11.6 Å². The molecule has 1 aliphatic rings. The first-order chi connectivity index (χ1) is 21.4. The molecular formula is C33H37ClF3N3O4S. The highest BCUT2D eigenvalue weighted by Gasteiger charge is 2.37. The van der Waals surface area contributed by atoms with Gasteiger partial charge in [0.05, 0.1) is 21.2 Å². The maximum atomic E-state index is 14.2. The van der Waals surface area contributed by atoms with E-state index in [2.05, 4.69) is 5.32 Å². The predicted octanol–water partition coefficient (Wildman–Crippen LogP) is 6.85. The summed E-state index contributed by atoms with van der Waals surface area (Å²) in [6, 6.07) is 17.8. The van der Waals surface area contributed by atoms with Crippen LogP contribution in [0.5, 0.6) is 0 Å². The van der Waals surface area contributed by atoms with Gasteiger partial charge in [-0.25, -0.2) is 8.42 Å². The number of nitrogens with zero attached hydrogens (tertiary/aromatic N) is 2. The summed E-state index contributed by atoms with van der Waals surface area (Å²) in [5.41, 5.74) is -0.722. The molecule has 0 unspecified atom stereocenters. The molecular weight excluding hydrogens is 627 g/mol. The Bertz CT molecular complexity index is 1550. The fourth-order valence-corrected chi connectivity index (χ4v) is 7.27. The van der Waals surface area contributed by atoms with Crippen molar-refractivity contribution in [2.24, 2.45) is 0 Å². The lowest BCUT2D eigenvalue weighted by atomic mass is 9.95. The van der Waals surface area contributed by atoms with Crippen LogP contribution in [0.1, 0.15) is 56.6 Å². The number of halogens is 4. The molecule has 242 valence electrons. The van der Waals surface area contributed by atoms with Crippen LogP contribution in [0, 0.1) is 0 Å². The molecule has 0 bridgehead atoms. The largest absolute Gasteiger partial charge is 0.416 e. The van der Waals surface area contributed by atoms with Crippen molar-refractivity contribution < 1.29 is 31.2 Å². The summed E-state index contributed by atoms with van der Waals surface area (Å²) in [7, 11) is -4.58. The highest BCUT2D eigenvalue weighted by molar-refractivity contribution is 7.92. The molecule has 0 radical (unpaired) electrons. The summed E-state index contributed by atoms with van der Waals surface area (Å²) >= 11 is 6.33. The molecule has 0 aromatic heterocycles. The van der Waals surface area contributed by atoms with Crippen LogP contribution in [-0.4, -0.2) is 50.3 Å². The SMILES string of the molecule is CC[C@H](C(=O)NC1CCCCC1)N(CCc1ccccc1)C(=O)CN(c1cc(C(F)(F)F)ccc1Cl)S(=O)(=O)c1ccccc1. The summed E-state index contributed by atoms with van der Waals surface area (Å²) < 4.78 is 69.7. The van der Waals surface area contributed by atoms with Crippen LogP contribution in [0.4, 0.5) is 18.9 Å². The second-order valence-electron chi connectivity index (χ2n) is 11.1. The Morgan fingerprint density at radius 3 is 2.18 bits per heavy atom. The standard InChI is InChI=1S/C33H37ClF3N3O4S/c1-2-29(32(42)38-26-14-8-4-9-15-26)39(21-20-24-12-6-3-7-13-24)31(41)23-40(45(43,44)27-16-10-5-11-17-27)30-22-25(33(35,36)37)18-19-28(30)34/h3,5-7,10-13,16-19,22,26,29H,2,4,8-9,14-15,20-21,23H2,1H3,(H,38,42)/t29-/m1/s1. The molecule has 1 N–H and O–H groups in total. The minimum atomic E-state index is -4.79. The summed E-state index contributed by atoms with van der Waals surface area (Å²) in [6.45, 7) is 0.964. The number of rotatable bonds is 12. The van der Waals surface area contributed by atoms with E-state index in [0.717, 1.165) is 49.8 Å². The van der Waals surface area contributed by atoms with E-state index in [1.54, 1.807) is 13.0 Å². The van der Waals surface area contributed by atoms with Gasteiger partial charge in [-0.2, -0.15) is 13.2 Å². The van der Waals surface area contributed by atoms with E-state index in [-0.39, 0.29) is 34.8 Å². The van der Waals surface area contributed by atoms with E-state index < -0.39 is 45.9 Å². The monoisotopic (exact) mass is 663 g/mol. The smallest absolute Gasteiger partial charge is 0.352 e. The average molecular weight is 664 g/mol. The van der Waals surface area contributed by atoms with Gasteiger partial charge in [-0.05, 0) is 61.6 Å². The van der Waals surface area contributed by atoms with E-state index in [0.29, 0.717) is 16.8 Å². The van der Waals surface area contributed by atoms with Gasteiger partial charge in [-0.3, -0.25) is 13.9 Å². The van der Waals surface area contributed by atoms with Gasteiger partial charge in [0.2, 0.25) is 11.8 Å². The maximum Gasteiger partial charge on any atom is 0.416 e. The maximum absolute atomic E-state index is 14.2. The minimum Gasteiger partial charge on any atom is -0.352 e. The van der Waals surface area contributed by atoms with Gasteiger partial charge in [0, 0.05) is 12.6 Å². The van der Waals surface area contributed by atoms with E-state index in [1.807, 2.05) is 30.3 Å². The van der Waals surface area contributed by atoms with Gasteiger partial charge < -0.3 is 10.2 Å². The van der Waals surface area contributed by atoms with Crippen molar-refractivity contribution >= 4 is 39.1 Å². The normalized spacial score (nSPS) is 14.9. The number of sulfonamides is 1. The Hall–Kier alpha value is -3.57. The van der Waals surface area contributed by atoms with Gasteiger partial charge in [0.25, 0.3) is 10.0 Å². The Balaban J connectivity index is 1.74. The Labute approximate surface area is 267 Å². The Kier molecular flexibility index (Phi) is 11.5. The summed E-state index contributed by atoms with van der Waals surface area (Å²) in [5.74, 6) is -1.09. The fourth-order valence-electron chi connectivity index (χ4n) is 5.55. The molecule has 7 nitrogen and oxygen atoms in total. The number of carbonyl (C=O) groups is 2. The van der Waals surface area contributed by atoms with E-state index >= 15 is 0 Å². The molecule has 12 heteroatoms. The number of alkyl halides is 3. The van der Waals surface area contributed by atoms with Gasteiger partial charge in [-0.15, -0.1) is 0 Å². The second-order valence-corrected chi connectivity index (χ2v) is 13.3. The van der Waals surface area contributed by atoms with Crippen molar-refractivity contribution in [2.45, 2.75) is 75.0 Å². The van der Waals surface area contributed by atoms with Crippen LogP contribution >= 0.6 is 11.6 Å². The second kappa shape index (κ2) is 15.1. The van der Waals surface area contributed by atoms with Crippen molar-refractivity contribution in [3.63, 3.8) is 0 Å². The topological polar surface area (TPSA) is 86.8 Å². The van der Waals surface area contributed by atoms with E-state index in [1.165, 1.54) is 29.2 Å². The third-order valence-electron chi connectivity index (χ3n) is 7.97. The van der Waals surface area contributed by atoms with Crippen LogP contribution in [0.25, 0.3) is 0 Å². The van der Waals surface area contributed by atoms with Crippen molar-refractivity contribution in [3.8, 4) is 0 Å². The zero-order chi connectivity index (χ0) is 32.6. The summed E-state index contributed by atoms with van der Waals surface area (Å²) in [4.78, 5) is 28.9. The number of nitrogens with one attached hydrogen (secondary N) is 1. The first-order valence-corrected chi connectivity index (χ1v) is 16.8. The third-order valence-corrected chi connectivity index (χ3v) is 10.1.